The van der Waals surface area contributed by atoms with Gasteiger partial charge in [0.2, 0.25) is 0 Å². The molecule has 0 aromatic rings. The second-order valence-electron chi connectivity index (χ2n) is 11.4. The minimum Gasteiger partial charge on any atom is -0.414 e. The van der Waals surface area contributed by atoms with Crippen LogP contribution in [0.5, 0.6) is 0 Å². The standard InChI is InChI=1S/C24H50O2Si2/c1-13-15-16-18-22(26-28(11,12)24(6,7)8)20-19-21(17-14-2)25-27(9,10)23(3,4)5/h15,21-22H,1,14,16-20H2,2-12H3/t21-,22-/m1/s1. The smallest absolute Gasteiger partial charge is 0.192 e. The van der Waals surface area contributed by atoms with Gasteiger partial charge in [0.25, 0.3) is 0 Å². The van der Waals surface area contributed by atoms with Crippen molar-refractivity contribution in [2.75, 3.05) is 0 Å². The summed E-state index contributed by atoms with van der Waals surface area (Å²) in [5.74, 6) is 0. The quantitative estimate of drug-likeness (QED) is 0.230. The summed E-state index contributed by atoms with van der Waals surface area (Å²) in [6.07, 6.45) is 9.22. The van der Waals surface area contributed by atoms with Crippen molar-refractivity contribution in [2.45, 2.75) is 135 Å². The Morgan fingerprint density at radius 1 is 0.786 bits per heavy atom. The number of hydrogen-bond acceptors (Lipinski definition) is 2. The number of allylic oxidation sites excluding steroid dienone is 1. The molecule has 0 aliphatic carbocycles. The Morgan fingerprint density at radius 3 is 1.50 bits per heavy atom. The Balaban J connectivity index is 5.18. The minimum atomic E-state index is -1.78. The summed E-state index contributed by atoms with van der Waals surface area (Å²) < 4.78 is 13.6. The lowest BCUT2D eigenvalue weighted by molar-refractivity contribution is 0.114. The maximum absolute atomic E-state index is 6.80. The molecule has 0 spiro atoms. The number of hydrogen-bond donors (Lipinski definition) is 0. The van der Waals surface area contributed by atoms with Gasteiger partial charge in [-0.3, -0.25) is 0 Å². The Bertz CT molecular complexity index is 492. The third-order valence-corrected chi connectivity index (χ3v) is 15.8. The van der Waals surface area contributed by atoms with Crippen LogP contribution in [0, 0.1) is 0 Å². The molecular formula is C24H50O2Si2. The molecule has 2 atom stereocenters. The first-order valence-electron chi connectivity index (χ1n) is 11.3. The maximum Gasteiger partial charge on any atom is 0.192 e. The third-order valence-electron chi connectivity index (χ3n) is 6.73. The van der Waals surface area contributed by atoms with Crippen LogP contribution in [0.3, 0.4) is 0 Å². The van der Waals surface area contributed by atoms with Gasteiger partial charge >= 0.3 is 0 Å². The van der Waals surface area contributed by atoms with E-state index in [0.717, 1.165) is 32.1 Å². The molecule has 0 amide bonds. The molecule has 0 N–H and O–H groups in total. The van der Waals surface area contributed by atoms with E-state index in [-0.39, 0.29) is 10.1 Å². The second kappa shape index (κ2) is 11.3. The molecule has 0 aromatic heterocycles. The summed E-state index contributed by atoms with van der Waals surface area (Å²) in [5, 5.41) is 0.491. The Morgan fingerprint density at radius 2 is 1.18 bits per heavy atom. The van der Waals surface area contributed by atoms with E-state index < -0.39 is 16.6 Å². The van der Waals surface area contributed by atoms with Gasteiger partial charge in [0.1, 0.15) is 0 Å². The van der Waals surface area contributed by atoms with Crippen molar-refractivity contribution in [3.8, 4) is 0 Å². The summed E-state index contributed by atoms with van der Waals surface area (Å²) in [6, 6.07) is 0. The van der Waals surface area contributed by atoms with E-state index in [1.54, 1.807) is 0 Å². The van der Waals surface area contributed by atoms with Crippen molar-refractivity contribution in [1.82, 2.24) is 0 Å². The molecule has 0 aliphatic heterocycles. The maximum atomic E-state index is 6.80. The molecule has 0 fully saturated rings. The molecule has 0 heterocycles. The topological polar surface area (TPSA) is 18.5 Å². The van der Waals surface area contributed by atoms with Crippen LogP contribution in [0.4, 0.5) is 0 Å². The molecule has 2 nitrogen and oxygen atoms in total. The highest BCUT2D eigenvalue weighted by Crippen LogP contribution is 2.40. The molecule has 0 aromatic carbocycles. The molecule has 0 radical (unpaired) electrons. The van der Waals surface area contributed by atoms with Crippen molar-refractivity contribution in [3.63, 3.8) is 0 Å². The highest BCUT2D eigenvalue weighted by atomic mass is 28.4. The average Bonchev–Trinajstić information content (AvgIpc) is 2.49. The fourth-order valence-corrected chi connectivity index (χ4v) is 5.62. The van der Waals surface area contributed by atoms with Crippen LogP contribution in [0.2, 0.25) is 36.3 Å². The van der Waals surface area contributed by atoms with E-state index in [2.05, 4.69) is 87.0 Å². The molecule has 0 aliphatic rings. The summed E-state index contributed by atoms with van der Waals surface area (Å²) in [5.41, 5.74) is 2.91. The van der Waals surface area contributed by atoms with Crippen LogP contribution < -0.4 is 0 Å². The SMILES string of the molecule is C=C=CCC[C@H](CC[C@@H](CCC)O[Si](C)(C)C(C)(C)C)O[Si](C)(C)C(C)(C)C. The van der Waals surface area contributed by atoms with Crippen LogP contribution in [0.1, 0.15) is 87.0 Å². The summed E-state index contributed by atoms with van der Waals surface area (Å²) in [7, 11) is -3.52. The largest absolute Gasteiger partial charge is 0.414 e. The molecule has 0 rings (SSSR count). The van der Waals surface area contributed by atoms with Gasteiger partial charge in [0, 0.05) is 12.2 Å². The fraction of sp³-hybridized carbons (Fsp3) is 0.875. The van der Waals surface area contributed by atoms with E-state index in [4.69, 9.17) is 8.85 Å². The van der Waals surface area contributed by atoms with Gasteiger partial charge in [-0.15, -0.1) is 5.73 Å². The molecule has 0 unspecified atom stereocenters. The third kappa shape index (κ3) is 9.58. The number of rotatable bonds is 12. The monoisotopic (exact) mass is 426 g/mol. The van der Waals surface area contributed by atoms with Crippen LogP contribution in [0.15, 0.2) is 18.4 Å². The Hall–Kier alpha value is -0.126. The van der Waals surface area contributed by atoms with Crippen molar-refractivity contribution in [2.24, 2.45) is 0 Å². The highest BCUT2D eigenvalue weighted by Gasteiger charge is 2.40. The van der Waals surface area contributed by atoms with Gasteiger partial charge in [-0.1, -0.05) is 61.5 Å². The molecule has 0 saturated heterocycles. The summed E-state index contributed by atoms with van der Waals surface area (Å²) in [4.78, 5) is 0. The van der Waals surface area contributed by atoms with Gasteiger partial charge in [0.05, 0.1) is 0 Å². The lowest BCUT2D eigenvalue weighted by Gasteiger charge is -2.41. The first kappa shape index (κ1) is 27.9. The summed E-state index contributed by atoms with van der Waals surface area (Å²) in [6.45, 7) is 29.4. The van der Waals surface area contributed by atoms with Crippen molar-refractivity contribution >= 4 is 16.6 Å². The predicted octanol–water partition coefficient (Wildman–Crippen LogP) is 8.47. The molecule has 4 heteroatoms. The average molecular weight is 427 g/mol. The van der Waals surface area contributed by atoms with Gasteiger partial charge in [-0.05, 0) is 74.4 Å². The normalized spacial score (nSPS) is 15.8. The first-order valence-corrected chi connectivity index (χ1v) is 17.1. The van der Waals surface area contributed by atoms with Crippen LogP contribution >= 0.6 is 0 Å². The zero-order valence-electron chi connectivity index (χ0n) is 21.0. The molecule has 0 bridgehead atoms. The van der Waals surface area contributed by atoms with Gasteiger partial charge < -0.3 is 8.85 Å². The first-order chi connectivity index (χ1) is 12.6. The zero-order chi connectivity index (χ0) is 22.2. The molecule has 0 saturated carbocycles. The van der Waals surface area contributed by atoms with E-state index in [9.17, 15) is 0 Å². The van der Waals surface area contributed by atoms with E-state index in [1.165, 1.54) is 6.42 Å². The minimum absolute atomic E-state index is 0.236. The van der Waals surface area contributed by atoms with Crippen LogP contribution in [-0.2, 0) is 8.85 Å². The van der Waals surface area contributed by atoms with Crippen molar-refractivity contribution in [1.29, 1.82) is 0 Å². The molecular weight excluding hydrogens is 376 g/mol. The van der Waals surface area contributed by atoms with E-state index in [0.29, 0.717) is 12.2 Å². The lowest BCUT2D eigenvalue weighted by Crippen LogP contribution is -2.45. The van der Waals surface area contributed by atoms with Gasteiger partial charge in [-0.2, -0.15) is 0 Å². The Kier molecular flexibility index (Phi) is 11.3. The predicted molar refractivity (Wildman–Crippen MR) is 131 cm³/mol. The van der Waals surface area contributed by atoms with Crippen LogP contribution in [0.25, 0.3) is 0 Å². The van der Waals surface area contributed by atoms with E-state index in [1.807, 2.05) is 6.08 Å². The zero-order valence-corrected chi connectivity index (χ0v) is 23.0. The fourth-order valence-electron chi connectivity index (χ4n) is 2.78. The van der Waals surface area contributed by atoms with Crippen LogP contribution in [-0.4, -0.2) is 28.8 Å². The van der Waals surface area contributed by atoms with Crippen molar-refractivity contribution in [3.05, 3.63) is 18.4 Å². The highest BCUT2D eigenvalue weighted by molar-refractivity contribution is 6.74. The van der Waals surface area contributed by atoms with Gasteiger partial charge in [-0.25, -0.2) is 0 Å². The van der Waals surface area contributed by atoms with E-state index >= 15 is 0 Å². The lowest BCUT2D eigenvalue weighted by atomic mass is 10.0. The molecule has 28 heavy (non-hydrogen) atoms. The Labute approximate surface area is 179 Å². The van der Waals surface area contributed by atoms with Crippen molar-refractivity contribution < 1.29 is 8.85 Å². The second-order valence-corrected chi connectivity index (χ2v) is 20.9. The summed E-state index contributed by atoms with van der Waals surface area (Å²) >= 11 is 0. The molecule has 166 valence electrons. The van der Waals surface area contributed by atoms with Gasteiger partial charge in [0.15, 0.2) is 16.6 Å².